The third-order valence-corrected chi connectivity index (χ3v) is 3.79. The summed E-state index contributed by atoms with van der Waals surface area (Å²) in [5.74, 6) is 0.322. The van der Waals surface area contributed by atoms with Crippen LogP contribution in [0, 0.1) is 5.92 Å². The molecule has 5 heteroatoms. The monoisotopic (exact) mass is 262 g/mol. The van der Waals surface area contributed by atoms with Crippen molar-refractivity contribution in [2.45, 2.75) is 44.8 Å². The molecule has 4 nitrogen and oxygen atoms in total. The van der Waals surface area contributed by atoms with Crippen molar-refractivity contribution in [2.24, 2.45) is 11.7 Å². The van der Waals surface area contributed by atoms with Gasteiger partial charge in [0.1, 0.15) is 0 Å². The zero-order chi connectivity index (χ0) is 11.5. The van der Waals surface area contributed by atoms with E-state index < -0.39 is 0 Å². The van der Waals surface area contributed by atoms with E-state index >= 15 is 0 Å². The van der Waals surface area contributed by atoms with Crippen molar-refractivity contribution < 1.29 is 9.53 Å². The lowest BCUT2D eigenvalue weighted by atomic mass is 10.0. The standard InChI is InChI=1S/C12H22N2O2.ClH/c1-2-9-8-14(6-7-16-9)12(15)10-4-3-5-11(10)13;/h9-11H,2-8,13H2,1H3;1H. The number of rotatable bonds is 2. The molecule has 1 saturated heterocycles. The molecule has 2 N–H and O–H groups in total. The lowest BCUT2D eigenvalue weighted by Gasteiger charge is -2.34. The summed E-state index contributed by atoms with van der Waals surface area (Å²) in [6.07, 6.45) is 4.25. The summed E-state index contributed by atoms with van der Waals surface area (Å²) in [6.45, 7) is 4.25. The first kappa shape index (κ1) is 14.7. The molecule has 100 valence electrons. The highest BCUT2D eigenvalue weighted by Gasteiger charge is 2.34. The van der Waals surface area contributed by atoms with Gasteiger partial charge >= 0.3 is 0 Å². The molecule has 2 aliphatic rings. The van der Waals surface area contributed by atoms with Gasteiger partial charge in [-0.3, -0.25) is 4.79 Å². The van der Waals surface area contributed by atoms with E-state index in [0.29, 0.717) is 6.61 Å². The average molecular weight is 263 g/mol. The number of halogens is 1. The first-order valence-corrected chi connectivity index (χ1v) is 6.38. The van der Waals surface area contributed by atoms with Crippen LogP contribution in [0.1, 0.15) is 32.6 Å². The minimum atomic E-state index is 0. The fourth-order valence-corrected chi connectivity index (χ4v) is 2.70. The van der Waals surface area contributed by atoms with Gasteiger partial charge in [-0.05, 0) is 19.3 Å². The van der Waals surface area contributed by atoms with E-state index in [1.165, 1.54) is 0 Å². The first-order chi connectivity index (χ1) is 7.72. The van der Waals surface area contributed by atoms with Crippen LogP contribution in [0.3, 0.4) is 0 Å². The predicted molar refractivity (Wildman–Crippen MR) is 69.2 cm³/mol. The number of hydrogen-bond acceptors (Lipinski definition) is 3. The van der Waals surface area contributed by atoms with Crippen LogP contribution in [0.4, 0.5) is 0 Å². The highest BCUT2D eigenvalue weighted by molar-refractivity contribution is 5.85. The third kappa shape index (κ3) is 3.33. The van der Waals surface area contributed by atoms with Crippen LogP contribution < -0.4 is 5.73 Å². The van der Waals surface area contributed by atoms with Crippen molar-refractivity contribution in [2.75, 3.05) is 19.7 Å². The van der Waals surface area contributed by atoms with Gasteiger partial charge in [0.05, 0.1) is 18.6 Å². The number of hydrogen-bond donors (Lipinski definition) is 1. The van der Waals surface area contributed by atoms with E-state index in [9.17, 15) is 4.79 Å². The molecular formula is C12H23ClN2O2. The Hall–Kier alpha value is -0.320. The molecule has 1 aliphatic carbocycles. The van der Waals surface area contributed by atoms with Gasteiger partial charge in [-0.15, -0.1) is 12.4 Å². The Morgan fingerprint density at radius 1 is 1.47 bits per heavy atom. The highest BCUT2D eigenvalue weighted by Crippen LogP contribution is 2.26. The van der Waals surface area contributed by atoms with Crippen LogP contribution in [0.25, 0.3) is 0 Å². The second-order valence-corrected chi connectivity index (χ2v) is 4.89. The average Bonchev–Trinajstić information content (AvgIpc) is 2.74. The first-order valence-electron chi connectivity index (χ1n) is 6.38. The van der Waals surface area contributed by atoms with E-state index in [-0.39, 0.29) is 36.4 Å². The number of nitrogens with two attached hydrogens (primary N) is 1. The van der Waals surface area contributed by atoms with Crippen LogP contribution >= 0.6 is 12.4 Å². The Kier molecular flexibility index (Phi) is 5.70. The van der Waals surface area contributed by atoms with Crippen LogP contribution in [-0.2, 0) is 9.53 Å². The number of nitrogens with zero attached hydrogens (tertiary/aromatic N) is 1. The molecular weight excluding hydrogens is 240 g/mol. The molecule has 1 saturated carbocycles. The largest absolute Gasteiger partial charge is 0.375 e. The summed E-state index contributed by atoms with van der Waals surface area (Å²) >= 11 is 0. The second-order valence-electron chi connectivity index (χ2n) is 4.89. The fraction of sp³-hybridized carbons (Fsp3) is 0.917. The fourth-order valence-electron chi connectivity index (χ4n) is 2.70. The Morgan fingerprint density at radius 3 is 2.82 bits per heavy atom. The van der Waals surface area contributed by atoms with Gasteiger partial charge in [-0.25, -0.2) is 0 Å². The number of amides is 1. The number of carbonyl (C=O) groups is 1. The van der Waals surface area contributed by atoms with Crippen LogP contribution in [0.2, 0.25) is 0 Å². The summed E-state index contributed by atoms with van der Waals surface area (Å²) < 4.78 is 5.57. The molecule has 0 bridgehead atoms. The van der Waals surface area contributed by atoms with E-state index in [1.54, 1.807) is 0 Å². The molecule has 3 atom stereocenters. The second kappa shape index (κ2) is 6.57. The van der Waals surface area contributed by atoms with E-state index in [2.05, 4.69) is 6.92 Å². The topological polar surface area (TPSA) is 55.6 Å². The molecule has 0 spiro atoms. The maximum atomic E-state index is 12.3. The molecule has 17 heavy (non-hydrogen) atoms. The van der Waals surface area contributed by atoms with Crippen LogP contribution in [0.15, 0.2) is 0 Å². The maximum Gasteiger partial charge on any atom is 0.227 e. The number of carbonyl (C=O) groups excluding carboxylic acids is 1. The van der Waals surface area contributed by atoms with Crippen LogP contribution in [-0.4, -0.2) is 42.6 Å². The molecule has 1 heterocycles. The quantitative estimate of drug-likeness (QED) is 0.813. The van der Waals surface area contributed by atoms with E-state index in [1.807, 2.05) is 4.90 Å². The highest BCUT2D eigenvalue weighted by atomic mass is 35.5. The van der Waals surface area contributed by atoms with Crippen LogP contribution in [0.5, 0.6) is 0 Å². The smallest absolute Gasteiger partial charge is 0.227 e. The Bertz CT molecular complexity index is 263. The zero-order valence-corrected chi connectivity index (χ0v) is 11.2. The van der Waals surface area contributed by atoms with Crippen molar-refractivity contribution in [3.63, 3.8) is 0 Å². The molecule has 1 amide bonds. The summed E-state index contributed by atoms with van der Waals surface area (Å²) in [6, 6.07) is 0.0791. The van der Waals surface area contributed by atoms with Crippen molar-refractivity contribution in [3.8, 4) is 0 Å². The Labute approximate surface area is 109 Å². The molecule has 0 aromatic rings. The minimum absolute atomic E-state index is 0. The SMILES string of the molecule is CCC1CN(C(=O)C2CCCC2N)CCO1.Cl. The maximum absolute atomic E-state index is 12.3. The minimum Gasteiger partial charge on any atom is -0.375 e. The van der Waals surface area contributed by atoms with E-state index in [4.69, 9.17) is 10.5 Å². The molecule has 2 rings (SSSR count). The number of ether oxygens (including phenoxy) is 1. The van der Waals surface area contributed by atoms with Crippen molar-refractivity contribution in [1.82, 2.24) is 4.90 Å². The molecule has 1 aliphatic heterocycles. The Balaban J connectivity index is 0.00000144. The lowest BCUT2D eigenvalue weighted by molar-refractivity contribution is -0.143. The van der Waals surface area contributed by atoms with Gasteiger partial charge in [0.2, 0.25) is 5.91 Å². The molecule has 3 unspecified atom stereocenters. The van der Waals surface area contributed by atoms with Crippen molar-refractivity contribution in [3.05, 3.63) is 0 Å². The molecule has 0 radical (unpaired) electrons. The molecule has 2 fully saturated rings. The van der Waals surface area contributed by atoms with Crippen molar-refractivity contribution >= 4 is 18.3 Å². The summed E-state index contributed by atoms with van der Waals surface area (Å²) in [7, 11) is 0. The van der Waals surface area contributed by atoms with Gasteiger partial charge in [0, 0.05) is 19.1 Å². The van der Waals surface area contributed by atoms with Crippen molar-refractivity contribution in [1.29, 1.82) is 0 Å². The summed E-state index contributed by atoms with van der Waals surface area (Å²) in [4.78, 5) is 14.2. The van der Waals surface area contributed by atoms with Gasteiger partial charge in [0.25, 0.3) is 0 Å². The van der Waals surface area contributed by atoms with Gasteiger partial charge in [0.15, 0.2) is 0 Å². The number of morpholine rings is 1. The normalized spacial score (nSPS) is 33.3. The summed E-state index contributed by atoms with van der Waals surface area (Å²) in [5.41, 5.74) is 5.97. The molecule has 0 aromatic heterocycles. The van der Waals surface area contributed by atoms with E-state index in [0.717, 1.165) is 38.8 Å². The Morgan fingerprint density at radius 2 is 2.24 bits per heavy atom. The zero-order valence-electron chi connectivity index (χ0n) is 10.4. The van der Waals surface area contributed by atoms with Gasteiger partial charge in [-0.1, -0.05) is 13.3 Å². The predicted octanol–water partition coefficient (Wildman–Crippen LogP) is 1.17. The molecule has 0 aromatic carbocycles. The van der Waals surface area contributed by atoms with Gasteiger partial charge < -0.3 is 15.4 Å². The lowest BCUT2D eigenvalue weighted by Crippen LogP contribution is -2.49. The van der Waals surface area contributed by atoms with Gasteiger partial charge in [-0.2, -0.15) is 0 Å². The third-order valence-electron chi connectivity index (χ3n) is 3.79. The summed E-state index contributed by atoms with van der Waals surface area (Å²) in [5, 5.41) is 0.